The molecule has 0 spiro atoms. The number of rotatable bonds is 0. The predicted octanol–water partition coefficient (Wildman–Crippen LogP) is -0.279. The van der Waals surface area contributed by atoms with Gasteiger partial charge in [0.05, 0.1) is 5.56 Å². The van der Waals surface area contributed by atoms with Gasteiger partial charge in [0.2, 0.25) is 0 Å². The lowest BCUT2D eigenvalue weighted by Gasteiger charge is -2.13. The quantitative estimate of drug-likeness (QED) is 0.334. The molecule has 0 atom stereocenters. The molecule has 1 heterocycles. The van der Waals surface area contributed by atoms with Crippen LogP contribution in [0.15, 0.2) is 18.2 Å². The van der Waals surface area contributed by atoms with Gasteiger partial charge in [0, 0.05) is 11.3 Å². The Bertz CT molecular complexity index is 465. The number of hydrogen-bond donors (Lipinski definition) is 2. The third-order valence-electron chi connectivity index (χ3n) is 1.97. The maximum absolute atomic E-state index is 11.3. The second kappa shape index (κ2) is 2.66. The SMILES string of the molecule is Nc1ccc2c(c1)C(=O)NC(=O)C2=O. The standard InChI is InChI=1S/C9H6N2O3/c10-4-1-2-5-6(3-4)8(13)11-9(14)7(5)12/h1-3H,10H2,(H,11,13,14). The molecule has 0 radical (unpaired) electrons. The number of nitrogens with two attached hydrogens (primary N) is 1. The summed E-state index contributed by atoms with van der Waals surface area (Å²) in [5.74, 6) is -2.19. The summed E-state index contributed by atoms with van der Waals surface area (Å²) in [6.45, 7) is 0. The lowest BCUT2D eigenvalue weighted by atomic mass is 9.98. The van der Waals surface area contributed by atoms with E-state index in [0.717, 1.165) is 0 Å². The smallest absolute Gasteiger partial charge is 0.299 e. The molecular formula is C9H6N2O3. The van der Waals surface area contributed by atoms with Crippen molar-refractivity contribution in [1.82, 2.24) is 5.32 Å². The molecule has 1 aliphatic heterocycles. The Morgan fingerprint density at radius 2 is 1.71 bits per heavy atom. The fourth-order valence-electron chi connectivity index (χ4n) is 1.30. The topological polar surface area (TPSA) is 89.3 Å². The number of imide groups is 1. The van der Waals surface area contributed by atoms with Crippen molar-refractivity contribution in [3.05, 3.63) is 29.3 Å². The number of ketones is 1. The highest BCUT2D eigenvalue weighted by Crippen LogP contribution is 2.17. The van der Waals surface area contributed by atoms with E-state index >= 15 is 0 Å². The van der Waals surface area contributed by atoms with Crippen molar-refractivity contribution in [2.75, 3.05) is 5.73 Å². The Morgan fingerprint density at radius 1 is 1.00 bits per heavy atom. The molecule has 1 aromatic rings. The number of nitrogen functional groups attached to an aromatic ring is 1. The zero-order chi connectivity index (χ0) is 10.3. The summed E-state index contributed by atoms with van der Waals surface area (Å²) >= 11 is 0. The molecule has 3 N–H and O–H groups in total. The Hall–Kier alpha value is -2.17. The minimum Gasteiger partial charge on any atom is -0.399 e. The average Bonchev–Trinajstić information content (AvgIpc) is 2.14. The highest BCUT2D eigenvalue weighted by molar-refractivity contribution is 6.49. The van der Waals surface area contributed by atoms with Gasteiger partial charge in [-0.1, -0.05) is 0 Å². The first-order valence-electron chi connectivity index (χ1n) is 3.89. The summed E-state index contributed by atoms with van der Waals surface area (Å²) in [5.41, 5.74) is 6.08. The molecule has 2 rings (SSSR count). The van der Waals surface area contributed by atoms with Crippen LogP contribution in [0.1, 0.15) is 20.7 Å². The molecule has 5 nitrogen and oxygen atoms in total. The van der Waals surface area contributed by atoms with E-state index in [2.05, 4.69) is 0 Å². The van der Waals surface area contributed by atoms with Gasteiger partial charge in [-0.3, -0.25) is 19.7 Å². The number of hydrogen-bond acceptors (Lipinski definition) is 4. The van der Waals surface area contributed by atoms with Crippen LogP contribution in [0.2, 0.25) is 0 Å². The van der Waals surface area contributed by atoms with Crippen molar-refractivity contribution in [1.29, 1.82) is 0 Å². The number of carbonyl (C=O) groups excluding carboxylic acids is 3. The molecule has 5 heteroatoms. The van der Waals surface area contributed by atoms with E-state index in [4.69, 9.17) is 5.73 Å². The largest absolute Gasteiger partial charge is 0.399 e. The molecule has 0 saturated heterocycles. The first-order valence-corrected chi connectivity index (χ1v) is 3.89. The van der Waals surface area contributed by atoms with Crippen molar-refractivity contribution >= 4 is 23.3 Å². The fraction of sp³-hybridized carbons (Fsp3) is 0. The number of amides is 2. The van der Waals surface area contributed by atoms with Crippen LogP contribution in [0.3, 0.4) is 0 Å². The molecule has 1 aliphatic rings. The molecule has 2 amide bonds. The Morgan fingerprint density at radius 3 is 2.43 bits per heavy atom. The number of fused-ring (bicyclic) bond motifs is 1. The highest BCUT2D eigenvalue weighted by atomic mass is 16.2. The normalized spacial score (nSPS) is 15.0. The first kappa shape index (κ1) is 8.43. The molecule has 0 aromatic heterocycles. The average molecular weight is 190 g/mol. The van der Waals surface area contributed by atoms with Crippen LogP contribution in [0.25, 0.3) is 0 Å². The molecule has 14 heavy (non-hydrogen) atoms. The lowest BCUT2D eigenvalue weighted by Crippen LogP contribution is -2.42. The Kier molecular flexibility index (Phi) is 1.60. The van der Waals surface area contributed by atoms with E-state index in [1.807, 2.05) is 5.32 Å². The first-order chi connectivity index (χ1) is 6.59. The van der Waals surface area contributed by atoms with Crippen LogP contribution in [0.5, 0.6) is 0 Å². The maximum Gasteiger partial charge on any atom is 0.299 e. The molecule has 70 valence electrons. The summed E-state index contributed by atoms with van der Waals surface area (Å²) < 4.78 is 0. The number of benzene rings is 1. The number of anilines is 1. The van der Waals surface area contributed by atoms with Crippen LogP contribution >= 0.6 is 0 Å². The van der Waals surface area contributed by atoms with Crippen molar-refractivity contribution in [2.45, 2.75) is 0 Å². The second-order valence-electron chi connectivity index (χ2n) is 2.92. The number of carbonyl (C=O) groups is 3. The second-order valence-corrected chi connectivity index (χ2v) is 2.92. The molecular weight excluding hydrogens is 184 g/mol. The predicted molar refractivity (Wildman–Crippen MR) is 47.7 cm³/mol. The summed E-state index contributed by atoms with van der Waals surface area (Å²) in [4.78, 5) is 33.5. The van der Waals surface area contributed by atoms with Gasteiger partial charge in [0.1, 0.15) is 0 Å². The number of Topliss-reactive ketones (excluding diaryl/α,β-unsaturated/α-hetero) is 1. The van der Waals surface area contributed by atoms with E-state index in [0.29, 0.717) is 5.69 Å². The van der Waals surface area contributed by atoms with Crippen molar-refractivity contribution in [3.8, 4) is 0 Å². The van der Waals surface area contributed by atoms with Crippen molar-refractivity contribution in [3.63, 3.8) is 0 Å². The zero-order valence-corrected chi connectivity index (χ0v) is 7.03. The zero-order valence-electron chi connectivity index (χ0n) is 7.03. The highest BCUT2D eigenvalue weighted by Gasteiger charge is 2.29. The molecule has 0 unspecified atom stereocenters. The fourth-order valence-corrected chi connectivity index (χ4v) is 1.30. The van der Waals surface area contributed by atoms with Crippen LogP contribution in [-0.4, -0.2) is 17.6 Å². The summed E-state index contributed by atoms with van der Waals surface area (Å²) in [7, 11) is 0. The van der Waals surface area contributed by atoms with Gasteiger partial charge in [-0.2, -0.15) is 0 Å². The van der Waals surface area contributed by atoms with Gasteiger partial charge in [-0.25, -0.2) is 0 Å². The minimum absolute atomic E-state index is 0.105. The Labute approximate surface area is 78.9 Å². The van der Waals surface area contributed by atoms with Crippen LogP contribution in [0, 0.1) is 0 Å². The lowest BCUT2D eigenvalue weighted by molar-refractivity contribution is -0.116. The third-order valence-corrected chi connectivity index (χ3v) is 1.97. The molecule has 0 fully saturated rings. The van der Waals surface area contributed by atoms with E-state index in [1.165, 1.54) is 18.2 Å². The van der Waals surface area contributed by atoms with Crippen LogP contribution < -0.4 is 11.1 Å². The summed E-state index contributed by atoms with van der Waals surface area (Å²) in [6, 6.07) is 4.22. The van der Waals surface area contributed by atoms with E-state index in [1.54, 1.807) is 0 Å². The Balaban J connectivity index is 2.67. The third kappa shape index (κ3) is 1.06. The van der Waals surface area contributed by atoms with Gasteiger partial charge in [0.25, 0.3) is 17.6 Å². The van der Waals surface area contributed by atoms with Gasteiger partial charge in [0.15, 0.2) is 0 Å². The van der Waals surface area contributed by atoms with Gasteiger partial charge < -0.3 is 5.73 Å². The van der Waals surface area contributed by atoms with E-state index in [9.17, 15) is 14.4 Å². The van der Waals surface area contributed by atoms with Crippen LogP contribution in [-0.2, 0) is 4.79 Å². The van der Waals surface area contributed by atoms with Gasteiger partial charge >= 0.3 is 0 Å². The van der Waals surface area contributed by atoms with E-state index < -0.39 is 17.6 Å². The molecule has 0 saturated carbocycles. The monoisotopic (exact) mass is 190 g/mol. The minimum atomic E-state index is -0.896. The van der Waals surface area contributed by atoms with Gasteiger partial charge in [-0.15, -0.1) is 0 Å². The maximum atomic E-state index is 11.3. The van der Waals surface area contributed by atoms with E-state index in [-0.39, 0.29) is 11.1 Å². The van der Waals surface area contributed by atoms with Gasteiger partial charge in [-0.05, 0) is 18.2 Å². The molecule has 0 aliphatic carbocycles. The van der Waals surface area contributed by atoms with Crippen molar-refractivity contribution < 1.29 is 14.4 Å². The summed E-state index contributed by atoms with van der Waals surface area (Å²) in [5, 5.41) is 1.93. The molecule has 1 aromatic carbocycles. The molecule has 0 bridgehead atoms. The summed E-state index contributed by atoms with van der Waals surface area (Å²) in [6.07, 6.45) is 0. The van der Waals surface area contributed by atoms with Crippen LogP contribution in [0.4, 0.5) is 5.69 Å². The van der Waals surface area contributed by atoms with Crippen molar-refractivity contribution in [2.24, 2.45) is 0 Å². The number of nitrogens with one attached hydrogen (secondary N) is 1.